The highest BCUT2D eigenvalue weighted by molar-refractivity contribution is 9.10. The number of hydrogen-bond donors (Lipinski definition) is 1. The zero-order valence-electron chi connectivity index (χ0n) is 9.77. The fourth-order valence-corrected chi connectivity index (χ4v) is 2.14. The molecular weight excluding hydrogens is 282 g/mol. The van der Waals surface area contributed by atoms with E-state index in [1.165, 1.54) is 0 Å². The smallest absolute Gasteiger partial charge is 0.247 e. The molecule has 2 N–H and O–H groups in total. The summed E-state index contributed by atoms with van der Waals surface area (Å²) >= 11 is 3.45. The average molecular weight is 296 g/mol. The number of benzene rings is 1. The molecule has 0 spiro atoms. The molecule has 2 rings (SSSR count). The second kappa shape index (κ2) is 4.98. The van der Waals surface area contributed by atoms with Crippen LogP contribution < -0.4 is 5.73 Å². The van der Waals surface area contributed by atoms with Crippen molar-refractivity contribution >= 4 is 15.9 Å². The number of rotatable bonds is 3. The minimum atomic E-state index is -0.190. The minimum Gasteiger partial charge on any atom is -0.419 e. The second-order valence-corrected chi connectivity index (χ2v) is 4.89. The maximum absolute atomic E-state index is 5.84. The van der Waals surface area contributed by atoms with Crippen molar-refractivity contribution in [1.29, 1.82) is 0 Å². The molecule has 2 aromatic rings. The van der Waals surface area contributed by atoms with Crippen molar-refractivity contribution in [2.75, 3.05) is 0 Å². The molecule has 0 saturated heterocycles. The van der Waals surface area contributed by atoms with Crippen LogP contribution in [0.25, 0.3) is 11.5 Å². The third-order valence-corrected chi connectivity index (χ3v) is 2.94. The molecule has 17 heavy (non-hydrogen) atoms. The van der Waals surface area contributed by atoms with E-state index in [-0.39, 0.29) is 6.04 Å². The highest BCUT2D eigenvalue weighted by Crippen LogP contribution is 2.25. The molecule has 1 atom stereocenters. The Hall–Kier alpha value is -1.20. The summed E-state index contributed by atoms with van der Waals surface area (Å²) in [6.45, 7) is 4.00. The molecule has 0 saturated carbocycles. The number of halogens is 1. The number of nitrogens with zero attached hydrogens (tertiary/aromatic N) is 2. The maximum Gasteiger partial charge on any atom is 0.247 e. The summed E-state index contributed by atoms with van der Waals surface area (Å²) in [7, 11) is 0. The van der Waals surface area contributed by atoms with E-state index >= 15 is 0 Å². The summed E-state index contributed by atoms with van der Waals surface area (Å²) in [4.78, 5) is 0. The number of nitrogens with two attached hydrogens (primary N) is 1. The van der Waals surface area contributed by atoms with Crippen LogP contribution in [0, 0.1) is 6.92 Å². The summed E-state index contributed by atoms with van der Waals surface area (Å²) in [5.41, 5.74) is 7.88. The van der Waals surface area contributed by atoms with Crippen molar-refractivity contribution in [2.45, 2.75) is 26.3 Å². The Kier molecular flexibility index (Phi) is 3.59. The van der Waals surface area contributed by atoms with E-state index in [1.54, 1.807) is 0 Å². The van der Waals surface area contributed by atoms with Gasteiger partial charge in [0, 0.05) is 10.0 Å². The molecule has 4 nitrogen and oxygen atoms in total. The Bertz CT molecular complexity index is 504. The zero-order valence-corrected chi connectivity index (χ0v) is 11.4. The highest BCUT2D eigenvalue weighted by Gasteiger charge is 2.14. The predicted molar refractivity (Wildman–Crippen MR) is 69.4 cm³/mol. The lowest BCUT2D eigenvalue weighted by atomic mass is 10.1. The molecule has 1 unspecified atom stereocenters. The Balaban J connectivity index is 2.36. The topological polar surface area (TPSA) is 64.9 Å². The molecule has 0 aliphatic carbocycles. The van der Waals surface area contributed by atoms with Crippen LogP contribution in [0.1, 0.15) is 30.8 Å². The second-order valence-electron chi connectivity index (χ2n) is 3.98. The summed E-state index contributed by atoms with van der Waals surface area (Å²) in [5.74, 6) is 0.994. The monoisotopic (exact) mass is 295 g/mol. The predicted octanol–water partition coefficient (Wildman–Crippen LogP) is 3.22. The van der Waals surface area contributed by atoms with E-state index in [9.17, 15) is 0 Å². The third kappa shape index (κ3) is 2.73. The van der Waals surface area contributed by atoms with E-state index in [0.29, 0.717) is 11.8 Å². The normalized spacial score (nSPS) is 12.7. The van der Waals surface area contributed by atoms with E-state index < -0.39 is 0 Å². The van der Waals surface area contributed by atoms with E-state index in [1.807, 2.05) is 32.0 Å². The first kappa shape index (κ1) is 12.3. The molecule has 0 fully saturated rings. The van der Waals surface area contributed by atoms with Gasteiger partial charge in [0.15, 0.2) is 0 Å². The van der Waals surface area contributed by atoms with Crippen molar-refractivity contribution < 1.29 is 4.42 Å². The third-order valence-electron chi connectivity index (χ3n) is 2.49. The first-order valence-corrected chi connectivity index (χ1v) is 6.26. The van der Waals surface area contributed by atoms with Gasteiger partial charge < -0.3 is 10.2 Å². The van der Waals surface area contributed by atoms with Gasteiger partial charge in [-0.2, -0.15) is 0 Å². The van der Waals surface area contributed by atoms with Gasteiger partial charge in [-0.3, -0.25) is 0 Å². The van der Waals surface area contributed by atoms with Gasteiger partial charge in [0.05, 0.1) is 6.04 Å². The van der Waals surface area contributed by atoms with Crippen LogP contribution >= 0.6 is 15.9 Å². The van der Waals surface area contributed by atoms with Crippen LogP contribution in [0.5, 0.6) is 0 Å². The van der Waals surface area contributed by atoms with Crippen LogP contribution in [0.4, 0.5) is 0 Å². The average Bonchev–Trinajstić information content (AvgIpc) is 2.76. The molecule has 0 aliphatic rings. The van der Waals surface area contributed by atoms with Gasteiger partial charge in [0.2, 0.25) is 11.8 Å². The Morgan fingerprint density at radius 1 is 1.35 bits per heavy atom. The van der Waals surface area contributed by atoms with Gasteiger partial charge in [0.25, 0.3) is 0 Å². The number of aryl methyl sites for hydroxylation is 1. The summed E-state index contributed by atoms with van der Waals surface area (Å²) < 4.78 is 6.56. The molecule has 0 radical (unpaired) electrons. The minimum absolute atomic E-state index is 0.190. The van der Waals surface area contributed by atoms with Crippen molar-refractivity contribution in [1.82, 2.24) is 10.2 Å². The highest BCUT2D eigenvalue weighted by atomic mass is 79.9. The van der Waals surface area contributed by atoms with Crippen LogP contribution in [0.2, 0.25) is 0 Å². The summed E-state index contributed by atoms with van der Waals surface area (Å²) in [6.07, 6.45) is 0.777. The van der Waals surface area contributed by atoms with Gasteiger partial charge in [-0.15, -0.1) is 10.2 Å². The first-order chi connectivity index (χ1) is 8.10. The number of hydrogen-bond acceptors (Lipinski definition) is 4. The molecule has 1 aromatic heterocycles. The first-order valence-electron chi connectivity index (χ1n) is 5.46. The quantitative estimate of drug-likeness (QED) is 0.944. The van der Waals surface area contributed by atoms with Crippen LogP contribution in [-0.2, 0) is 0 Å². The van der Waals surface area contributed by atoms with E-state index in [2.05, 4.69) is 26.1 Å². The lowest BCUT2D eigenvalue weighted by molar-refractivity contribution is 0.452. The molecule has 1 heterocycles. The van der Waals surface area contributed by atoms with Gasteiger partial charge in [-0.1, -0.05) is 22.9 Å². The van der Waals surface area contributed by atoms with Crippen molar-refractivity contribution in [3.05, 3.63) is 34.1 Å². The molecule has 1 aromatic carbocycles. The molecule has 0 amide bonds. The van der Waals surface area contributed by atoms with Crippen LogP contribution in [0.15, 0.2) is 27.1 Å². The molecule has 0 bridgehead atoms. The van der Waals surface area contributed by atoms with Crippen molar-refractivity contribution in [3.8, 4) is 11.5 Å². The fourth-order valence-electron chi connectivity index (χ4n) is 1.54. The van der Waals surface area contributed by atoms with Gasteiger partial charge in [-0.25, -0.2) is 0 Å². The standard InChI is InChI=1S/C12H14BrN3O/c1-3-10(14)12-16-15-11(17-12)8-4-7(2)5-9(13)6-8/h4-6,10H,3,14H2,1-2H3. The lowest BCUT2D eigenvalue weighted by Gasteiger charge is -2.01. The van der Waals surface area contributed by atoms with Crippen molar-refractivity contribution in [3.63, 3.8) is 0 Å². The molecular formula is C12H14BrN3O. The maximum atomic E-state index is 5.84. The van der Waals surface area contributed by atoms with Gasteiger partial charge in [-0.05, 0) is 37.1 Å². The van der Waals surface area contributed by atoms with E-state index in [0.717, 1.165) is 22.0 Å². The molecule has 90 valence electrons. The van der Waals surface area contributed by atoms with Gasteiger partial charge >= 0.3 is 0 Å². The molecule has 0 aliphatic heterocycles. The van der Waals surface area contributed by atoms with Crippen LogP contribution in [-0.4, -0.2) is 10.2 Å². The molecule has 5 heteroatoms. The Morgan fingerprint density at radius 2 is 2.12 bits per heavy atom. The number of aromatic nitrogens is 2. The van der Waals surface area contributed by atoms with Gasteiger partial charge in [0.1, 0.15) is 0 Å². The Labute approximate surface area is 108 Å². The summed E-state index contributed by atoms with van der Waals surface area (Å²) in [6, 6.07) is 5.78. The lowest BCUT2D eigenvalue weighted by Crippen LogP contribution is -2.08. The van der Waals surface area contributed by atoms with Crippen LogP contribution in [0.3, 0.4) is 0 Å². The zero-order chi connectivity index (χ0) is 12.4. The fraction of sp³-hybridized carbons (Fsp3) is 0.333. The van der Waals surface area contributed by atoms with E-state index in [4.69, 9.17) is 10.2 Å². The largest absolute Gasteiger partial charge is 0.419 e. The summed E-state index contributed by atoms with van der Waals surface area (Å²) in [5, 5.41) is 7.99. The van der Waals surface area contributed by atoms with Crippen molar-refractivity contribution in [2.24, 2.45) is 5.73 Å². The Morgan fingerprint density at radius 3 is 2.76 bits per heavy atom. The SMILES string of the molecule is CCC(N)c1nnc(-c2cc(C)cc(Br)c2)o1.